The van der Waals surface area contributed by atoms with Crippen molar-refractivity contribution in [3.05, 3.63) is 59.7 Å². The zero-order valence-electron chi connectivity index (χ0n) is 15.6. The average Bonchev–Trinajstić information content (AvgIpc) is 3.08. The van der Waals surface area contributed by atoms with Crippen molar-refractivity contribution in [1.82, 2.24) is 20.6 Å². The van der Waals surface area contributed by atoms with Gasteiger partial charge in [0.05, 0.1) is 13.7 Å². The Hall–Kier alpha value is -3.09. The van der Waals surface area contributed by atoms with Crippen LogP contribution in [-0.2, 0) is 13.0 Å². The third-order valence-electron chi connectivity index (χ3n) is 4.21. The summed E-state index contributed by atoms with van der Waals surface area (Å²) in [5, 5.41) is 7.46. The quantitative estimate of drug-likeness (QED) is 0.442. The number of halogens is 1. The van der Waals surface area contributed by atoms with Gasteiger partial charge in [-0.05, 0) is 43.2 Å². The molecule has 0 amide bonds. The van der Waals surface area contributed by atoms with Crippen LogP contribution < -0.4 is 15.4 Å². The Morgan fingerprint density at radius 3 is 2.96 bits per heavy atom. The summed E-state index contributed by atoms with van der Waals surface area (Å²) in [5.74, 6) is 1.07. The third-order valence-corrected chi connectivity index (χ3v) is 4.21. The maximum absolute atomic E-state index is 13.5. The number of aromatic nitrogens is 2. The van der Waals surface area contributed by atoms with E-state index in [4.69, 9.17) is 4.74 Å². The van der Waals surface area contributed by atoms with Crippen molar-refractivity contribution in [2.75, 3.05) is 20.2 Å². The number of benzene rings is 1. The van der Waals surface area contributed by atoms with E-state index in [9.17, 15) is 4.39 Å². The lowest BCUT2D eigenvalue weighted by molar-refractivity contribution is 0.392. The first-order valence-electron chi connectivity index (χ1n) is 8.97. The normalized spacial score (nSPS) is 11.6. The molecule has 2 heterocycles. The van der Waals surface area contributed by atoms with Crippen molar-refractivity contribution in [2.45, 2.75) is 19.9 Å². The molecule has 0 aliphatic carbocycles. The molecule has 3 aromatic rings. The zero-order chi connectivity index (χ0) is 19.1. The van der Waals surface area contributed by atoms with Gasteiger partial charge in [0.15, 0.2) is 5.96 Å². The number of hydrogen-bond acceptors (Lipinski definition) is 3. The van der Waals surface area contributed by atoms with Crippen LogP contribution in [0.15, 0.2) is 47.7 Å². The van der Waals surface area contributed by atoms with Gasteiger partial charge in [0.2, 0.25) is 5.88 Å². The van der Waals surface area contributed by atoms with Gasteiger partial charge in [0.25, 0.3) is 0 Å². The minimum Gasteiger partial charge on any atom is -0.481 e. The molecule has 0 bridgehead atoms. The van der Waals surface area contributed by atoms with Crippen LogP contribution in [0.25, 0.3) is 10.9 Å². The van der Waals surface area contributed by atoms with Crippen molar-refractivity contribution >= 4 is 16.9 Å². The van der Waals surface area contributed by atoms with Gasteiger partial charge in [-0.15, -0.1) is 0 Å². The highest BCUT2D eigenvalue weighted by Crippen LogP contribution is 2.19. The largest absolute Gasteiger partial charge is 0.481 e. The van der Waals surface area contributed by atoms with E-state index in [2.05, 4.69) is 25.6 Å². The fourth-order valence-electron chi connectivity index (χ4n) is 2.91. The second-order valence-electron chi connectivity index (χ2n) is 6.05. The number of ether oxygens (including phenoxy) is 1. The number of methoxy groups -OCH3 is 1. The molecule has 0 spiro atoms. The van der Waals surface area contributed by atoms with E-state index in [-0.39, 0.29) is 5.82 Å². The summed E-state index contributed by atoms with van der Waals surface area (Å²) >= 11 is 0. The van der Waals surface area contributed by atoms with Crippen LogP contribution in [0.2, 0.25) is 0 Å². The summed E-state index contributed by atoms with van der Waals surface area (Å²) in [7, 11) is 1.60. The highest BCUT2D eigenvalue weighted by Gasteiger charge is 2.06. The van der Waals surface area contributed by atoms with Gasteiger partial charge < -0.3 is 20.4 Å². The number of rotatable bonds is 7. The summed E-state index contributed by atoms with van der Waals surface area (Å²) in [6.45, 7) is 3.92. The molecule has 2 aromatic heterocycles. The minimum atomic E-state index is -0.225. The van der Waals surface area contributed by atoms with Crippen molar-refractivity contribution in [3.63, 3.8) is 0 Å². The molecule has 0 aliphatic rings. The lowest BCUT2D eigenvalue weighted by Crippen LogP contribution is -2.38. The molecule has 1 aromatic carbocycles. The molecule has 6 nitrogen and oxygen atoms in total. The average molecular weight is 369 g/mol. The number of aromatic amines is 1. The first-order chi connectivity index (χ1) is 13.2. The summed E-state index contributed by atoms with van der Waals surface area (Å²) in [6.07, 6.45) is 4.37. The molecule has 7 heteroatoms. The molecule has 0 aliphatic heterocycles. The van der Waals surface area contributed by atoms with Crippen LogP contribution in [0, 0.1) is 5.82 Å². The Bertz CT molecular complexity index is 922. The Kier molecular flexibility index (Phi) is 6.25. The number of aliphatic imine (C=N–C) groups is 1. The van der Waals surface area contributed by atoms with Gasteiger partial charge in [-0.1, -0.05) is 6.07 Å². The summed E-state index contributed by atoms with van der Waals surface area (Å²) in [6, 6.07) is 8.59. The predicted octanol–water partition coefficient (Wildman–Crippen LogP) is 3.01. The Labute approximate surface area is 157 Å². The lowest BCUT2D eigenvalue weighted by Gasteiger charge is -2.11. The molecule has 0 saturated carbocycles. The molecule has 142 valence electrons. The predicted molar refractivity (Wildman–Crippen MR) is 106 cm³/mol. The van der Waals surface area contributed by atoms with E-state index in [0.29, 0.717) is 19.0 Å². The number of H-pyrrole nitrogens is 1. The van der Waals surface area contributed by atoms with E-state index >= 15 is 0 Å². The molecule has 27 heavy (non-hydrogen) atoms. The fraction of sp³-hybridized carbons (Fsp3) is 0.300. The molecule has 3 N–H and O–H groups in total. The summed E-state index contributed by atoms with van der Waals surface area (Å²) in [4.78, 5) is 12.0. The van der Waals surface area contributed by atoms with E-state index in [1.807, 2.05) is 25.3 Å². The van der Waals surface area contributed by atoms with Crippen LogP contribution in [-0.4, -0.2) is 36.1 Å². The van der Waals surface area contributed by atoms with Crippen molar-refractivity contribution < 1.29 is 9.13 Å². The lowest BCUT2D eigenvalue weighted by atomic mass is 10.1. The van der Waals surface area contributed by atoms with E-state index < -0.39 is 0 Å². The Morgan fingerprint density at radius 1 is 1.26 bits per heavy atom. The SMILES string of the molecule is CCNC(=NCc1cccnc1OC)NCCc1c[nH]c2ccc(F)cc12. The number of pyridine rings is 1. The van der Waals surface area contributed by atoms with Gasteiger partial charge >= 0.3 is 0 Å². The van der Waals surface area contributed by atoms with Crippen LogP contribution in [0.4, 0.5) is 4.39 Å². The zero-order valence-corrected chi connectivity index (χ0v) is 15.6. The molecule has 0 unspecified atom stereocenters. The van der Waals surface area contributed by atoms with Gasteiger partial charge in [0, 0.05) is 41.9 Å². The van der Waals surface area contributed by atoms with Gasteiger partial charge in [-0.3, -0.25) is 0 Å². The van der Waals surface area contributed by atoms with E-state index in [1.54, 1.807) is 25.4 Å². The number of nitrogens with zero attached hydrogens (tertiary/aromatic N) is 2. The number of nitrogens with one attached hydrogen (secondary N) is 3. The smallest absolute Gasteiger partial charge is 0.218 e. The monoisotopic (exact) mass is 369 g/mol. The molecule has 0 radical (unpaired) electrons. The minimum absolute atomic E-state index is 0.225. The van der Waals surface area contributed by atoms with Gasteiger partial charge in [0.1, 0.15) is 5.82 Å². The molecular weight excluding hydrogens is 345 g/mol. The van der Waals surface area contributed by atoms with Crippen molar-refractivity contribution in [1.29, 1.82) is 0 Å². The molecular formula is C20H24FN5O. The molecule has 0 fully saturated rings. The summed E-state index contributed by atoms with van der Waals surface area (Å²) in [5.41, 5.74) is 2.93. The summed E-state index contributed by atoms with van der Waals surface area (Å²) < 4.78 is 18.8. The first kappa shape index (κ1) is 18.7. The number of fused-ring (bicyclic) bond motifs is 1. The van der Waals surface area contributed by atoms with E-state index in [0.717, 1.165) is 41.0 Å². The maximum atomic E-state index is 13.5. The fourth-order valence-corrected chi connectivity index (χ4v) is 2.91. The molecule has 0 saturated heterocycles. The standard InChI is InChI=1S/C20H24FN5O/c1-3-22-20(26-13-15-5-4-9-23-19(15)27-2)24-10-8-14-12-25-18-7-6-16(21)11-17(14)18/h4-7,9,11-12,25H,3,8,10,13H2,1-2H3,(H2,22,24,26). The number of guanidine groups is 1. The molecule has 3 rings (SSSR count). The van der Waals surface area contributed by atoms with Crippen LogP contribution >= 0.6 is 0 Å². The van der Waals surface area contributed by atoms with Crippen molar-refractivity contribution in [3.8, 4) is 5.88 Å². The topological polar surface area (TPSA) is 74.3 Å². The van der Waals surface area contributed by atoms with Gasteiger partial charge in [-0.25, -0.2) is 14.4 Å². The first-order valence-corrected chi connectivity index (χ1v) is 8.97. The second-order valence-corrected chi connectivity index (χ2v) is 6.05. The molecule has 0 atom stereocenters. The van der Waals surface area contributed by atoms with Gasteiger partial charge in [-0.2, -0.15) is 0 Å². The number of hydrogen-bond donors (Lipinski definition) is 3. The maximum Gasteiger partial charge on any atom is 0.218 e. The van der Waals surface area contributed by atoms with Crippen molar-refractivity contribution in [2.24, 2.45) is 4.99 Å². The van der Waals surface area contributed by atoms with Crippen LogP contribution in [0.3, 0.4) is 0 Å². The Morgan fingerprint density at radius 2 is 2.15 bits per heavy atom. The second kappa shape index (κ2) is 9.02. The highest BCUT2D eigenvalue weighted by atomic mass is 19.1. The van der Waals surface area contributed by atoms with Crippen LogP contribution in [0.5, 0.6) is 5.88 Å². The highest BCUT2D eigenvalue weighted by molar-refractivity contribution is 5.83. The third kappa shape index (κ3) is 4.75. The van der Waals surface area contributed by atoms with Crippen LogP contribution in [0.1, 0.15) is 18.1 Å². The Balaban J connectivity index is 1.63. The van der Waals surface area contributed by atoms with E-state index in [1.165, 1.54) is 6.07 Å².